The maximum absolute atomic E-state index is 11.6. The van der Waals surface area contributed by atoms with Gasteiger partial charge in [0.05, 0.1) is 47.3 Å². The van der Waals surface area contributed by atoms with Gasteiger partial charge in [-0.15, -0.1) is 0 Å². The molecular weight excluding hydrogens is 504 g/mol. The molecule has 1 N–H and O–H groups in total. The smallest absolute Gasteiger partial charge is 0.301 e. The maximum Gasteiger partial charge on any atom is 0.301 e. The highest BCUT2D eigenvalue weighted by Gasteiger charge is 2.68. The van der Waals surface area contributed by atoms with E-state index >= 15 is 0 Å². The van der Waals surface area contributed by atoms with E-state index in [1.807, 2.05) is 24.3 Å². The van der Waals surface area contributed by atoms with Crippen molar-refractivity contribution in [1.29, 1.82) is 21.0 Å². The molecule has 0 bridgehead atoms. The Morgan fingerprint density at radius 2 is 1.56 bits per heavy atom. The Hall–Kier alpha value is -5.53. The minimum Gasteiger partial charge on any atom is -0.497 e. The molecule has 0 spiro atoms. The van der Waals surface area contributed by atoms with E-state index in [2.05, 4.69) is 10.5 Å². The summed E-state index contributed by atoms with van der Waals surface area (Å²) in [4.78, 5) is 21.1. The summed E-state index contributed by atoms with van der Waals surface area (Å²) >= 11 is 0. The highest BCUT2D eigenvalue weighted by Crippen LogP contribution is 2.60. The number of hydrazone groups is 1. The predicted molar refractivity (Wildman–Crippen MR) is 137 cm³/mol. The zero-order valence-electron chi connectivity index (χ0n) is 21.2. The van der Waals surface area contributed by atoms with Crippen LogP contribution in [0.2, 0.25) is 0 Å². The first-order valence-corrected chi connectivity index (χ1v) is 11.6. The van der Waals surface area contributed by atoms with Crippen LogP contribution in [0.15, 0.2) is 47.6 Å². The molecule has 0 aliphatic heterocycles. The lowest BCUT2D eigenvalue weighted by molar-refractivity contribution is -0.393. The summed E-state index contributed by atoms with van der Waals surface area (Å²) in [5.41, 5.74) is -2.19. The van der Waals surface area contributed by atoms with Gasteiger partial charge in [-0.1, -0.05) is 26.0 Å². The van der Waals surface area contributed by atoms with Crippen LogP contribution in [0.25, 0.3) is 0 Å². The largest absolute Gasteiger partial charge is 0.497 e. The van der Waals surface area contributed by atoms with Crippen LogP contribution in [0.4, 0.5) is 17.1 Å². The second-order valence-electron chi connectivity index (χ2n) is 9.25. The number of non-ortho nitro benzene ring substituents is 1. The molecule has 0 unspecified atom stereocenters. The molecule has 2 atom stereocenters. The topological polar surface area (TPSA) is 215 Å². The number of benzene rings is 2. The number of nitro groups is 2. The molecule has 0 amide bonds. The van der Waals surface area contributed by atoms with Crippen LogP contribution in [0.3, 0.4) is 0 Å². The first kappa shape index (κ1) is 28.0. The van der Waals surface area contributed by atoms with E-state index in [9.17, 15) is 41.3 Å². The Balaban J connectivity index is 2.25. The number of nitrogens with one attached hydrogen (secondary N) is 1. The van der Waals surface area contributed by atoms with Gasteiger partial charge in [-0.25, -0.2) is 0 Å². The number of hydrogen-bond donors (Lipinski definition) is 1. The Labute approximate surface area is 223 Å². The van der Waals surface area contributed by atoms with E-state index in [1.54, 1.807) is 38.1 Å². The lowest BCUT2D eigenvalue weighted by atomic mass is 9.46. The average molecular weight is 527 g/mol. The van der Waals surface area contributed by atoms with E-state index in [0.717, 1.165) is 18.2 Å². The fourth-order valence-corrected chi connectivity index (χ4v) is 5.17. The molecule has 13 nitrogen and oxygen atoms in total. The summed E-state index contributed by atoms with van der Waals surface area (Å²) in [6.45, 7) is 3.43. The Kier molecular flexibility index (Phi) is 7.79. The van der Waals surface area contributed by atoms with E-state index in [1.165, 1.54) is 7.11 Å². The van der Waals surface area contributed by atoms with E-state index < -0.39 is 49.8 Å². The first-order chi connectivity index (χ1) is 18.5. The van der Waals surface area contributed by atoms with Gasteiger partial charge < -0.3 is 4.74 Å². The first-order valence-electron chi connectivity index (χ1n) is 11.6. The van der Waals surface area contributed by atoms with E-state index in [-0.39, 0.29) is 17.8 Å². The molecule has 0 radical (unpaired) electrons. The fraction of sp³-hybridized carbons (Fsp3) is 0.346. The predicted octanol–water partition coefficient (Wildman–Crippen LogP) is 4.81. The van der Waals surface area contributed by atoms with Gasteiger partial charge in [0.2, 0.25) is 0 Å². The van der Waals surface area contributed by atoms with Gasteiger partial charge >= 0.3 is 5.69 Å². The molecule has 0 heterocycles. The summed E-state index contributed by atoms with van der Waals surface area (Å²) < 4.78 is 5.19. The quantitative estimate of drug-likeness (QED) is 0.383. The zero-order valence-corrected chi connectivity index (χ0v) is 21.2. The van der Waals surface area contributed by atoms with Crippen molar-refractivity contribution in [2.45, 2.75) is 26.2 Å². The molecule has 1 fully saturated rings. The van der Waals surface area contributed by atoms with Gasteiger partial charge in [0.1, 0.15) is 11.4 Å². The number of nitriles is 4. The molecular formula is C26H22N8O5. The van der Waals surface area contributed by atoms with Crippen molar-refractivity contribution in [3.05, 3.63) is 68.3 Å². The van der Waals surface area contributed by atoms with Crippen LogP contribution in [0, 0.1) is 88.2 Å². The molecule has 3 rings (SSSR count). The monoisotopic (exact) mass is 526 g/mol. The van der Waals surface area contributed by atoms with Gasteiger partial charge in [0, 0.05) is 23.6 Å². The lowest BCUT2D eigenvalue weighted by Crippen LogP contribution is -2.56. The van der Waals surface area contributed by atoms with Crippen LogP contribution in [0.5, 0.6) is 5.75 Å². The molecule has 13 heteroatoms. The van der Waals surface area contributed by atoms with Crippen molar-refractivity contribution < 1.29 is 14.6 Å². The third-order valence-corrected chi connectivity index (χ3v) is 6.98. The number of nitrogens with zero attached hydrogens (tertiary/aromatic N) is 7. The number of nitro benzene ring substituents is 2. The van der Waals surface area contributed by atoms with Gasteiger partial charge in [0.15, 0.2) is 10.8 Å². The zero-order chi connectivity index (χ0) is 29.0. The number of anilines is 1. The summed E-state index contributed by atoms with van der Waals surface area (Å²) in [6, 6.07) is 17.4. The minimum absolute atomic E-state index is 0.0326. The van der Waals surface area contributed by atoms with Crippen molar-refractivity contribution in [2.24, 2.45) is 27.8 Å². The number of methoxy groups -OCH3 is 1. The third-order valence-electron chi connectivity index (χ3n) is 6.98. The van der Waals surface area contributed by atoms with Crippen molar-refractivity contribution >= 4 is 22.8 Å². The Bertz CT molecular complexity index is 1480. The van der Waals surface area contributed by atoms with Gasteiger partial charge in [0.25, 0.3) is 5.69 Å². The molecule has 196 valence electrons. The fourth-order valence-electron chi connectivity index (χ4n) is 5.17. The molecule has 1 saturated carbocycles. The Morgan fingerprint density at radius 3 is 2.03 bits per heavy atom. The second-order valence-corrected chi connectivity index (χ2v) is 9.25. The van der Waals surface area contributed by atoms with Gasteiger partial charge in [-0.2, -0.15) is 26.1 Å². The molecule has 2 aromatic carbocycles. The highest BCUT2D eigenvalue weighted by atomic mass is 16.6. The van der Waals surface area contributed by atoms with Crippen molar-refractivity contribution in [2.75, 3.05) is 12.5 Å². The molecule has 2 aromatic rings. The van der Waals surface area contributed by atoms with Crippen LogP contribution in [-0.2, 0) is 0 Å². The van der Waals surface area contributed by atoms with Crippen molar-refractivity contribution in [3.8, 4) is 30.0 Å². The standard InChI is InChI=1S/C26H22N8O5/c1-16(2)24-22(32-31-21-9-6-18(33(35)36)10-23(21)34(37)38)11-20(17-4-7-19(39-3)8-5-17)25(12-27,13-28)26(24,14-29)15-30/h4-10,16,20,24,31H,11H2,1-3H3/b32-22-/t20-,24+/m0/s1. The minimum atomic E-state index is -2.16. The summed E-state index contributed by atoms with van der Waals surface area (Å²) in [5, 5.41) is 68.5. The van der Waals surface area contributed by atoms with Crippen LogP contribution in [-0.4, -0.2) is 22.7 Å². The highest BCUT2D eigenvalue weighted by molar-refractivity contribution is 5.92. The molecule has 0 saturated heterocycles. The van der Waals surface area contributed by atoms with Crippen molar-refractivity contribution in [1.82, 2.24) is 0 Å². The SMILES string of the molecule is COc1ccc([C@@H]2C/C(=N/Nc3ccc([N+](=O)[O-])cc3[N+](=O)[O-])[C@@H](C(C)C)C(C#N)(C#N)C2(C#N)C#N)cc1. The van der Waals surface area contributed by atoms with Crippen molar-refractivity contribution in [3.63, 3.8) is 0 Å². The van der Waals surface area contributed by atoms with E-state index in [4.69, 9.17) is 4.74 Å². The number of ether oxygens (including phenoxy) is 1. The normalized spacial score (nSPS) is 20.1. The Morgan fingerprint density at radius 1 is 0.974 bits per heavy atom. The number of hydrogen-bond acceptors (Lipinski definition) is 11. The van der Waals surface area contributed by atoms with Crippen LogP contribution >= 0.6 is 0 Å². The second kappa shape index (κ2) is 10.8. The lowest BCUT2D eigenvalue weighted by Gasteiger charge is -2.48. The molecule has 39 heavy (non-hydrogen) atoms. The van der Waals surface area contributed by atoms with Crippen LogP contribution < -0.4 is 10.2 Å². The third kappa shape index (κ3) is 4.54. The summed E-state index contributed by atoms with van der Waals surface area (Å²) in [7, 11) is 1.47. The van der Waals surface area contributed by atoms with Gasteiger partial charge in [-0.3, -0.25) is 25.7 Å². The molecule has 1 aliphatic rings. The summed E-state index contributed by atoms with van der Waals surface area (Å²) in [6.07, 6.45) is -0.0326. The van der Waals surface area contributed by atoms with Crippen LogP contribution in [0.1, 0.15) is 31.7 Å². The number of rotatable bonds is 7. The average Bonchev–Trinajstić information content (AvgIpc) is 2.94. The molecule has 0 aromatic heterocycles. The van der Waals surface area contributed by atoms with E-state index in [0.29, 0.717) is 11.3 Å². The van der Waals surface area contributed by atoms with Gasteiger partial charge in [-0.05, 0) is 36.1 Å². The summed E-state index contributed by atoms with van der Waals surface area (Å²) in [5.74, 6) is -1.91. The molecule has 1 aliphatic carbocycles. The maximum atomic E-state index is 11.6.